The quantitative estimate of drug-likeness (QED) is 0.409. The average Bonchev–Trinajstić information content (AvgIpc) is 3.48. The van der Waals surface area contributed by atoms with Crippen molar-refractivity contribution in [2.75, 3.05) is 11.9 Å². The Morgan fingerprint density at radius 1 is 1.03 bits per heavy atom. The van der Waals surface area contributed by atoms with Gasteiger partial charge in [0, 0.05) is 35.9 Å². The maximum Gasteiger partial charge on any atom is 0.162 e. The van der Waals surface area contributed by atoms with Crippen molar-refractivity contribution < 1.29 is 0 Å². The predicted octanol–water partition coefficient (Wildman–Crippen LogP) is 3.32. The number of nitrogens with one attached hydrogen (secondary N) is 1. The van der Waals surface area contributed by atoms with Gasteiger partial charge in [0.15, 0.2) is 5.82 Å². The Morgan fingerprint density at radius 3 is 2.65 bits per heavy atom. The molecule has 0 fully saturated rings. The SMILES string of the molecule is N[C@H](CNc1nc(-c2ccncc2)nc2c(-n3ccnn3)csc12)Cc1ccccc1. The molecule has 0 radical (unpaired) electrons. The summed E-state index contributed by atoms with van der Waals surface area (Å²) in [7, 11) is 0. The van der Waals surface area contributed by atoms with Gasteiger partial charge in [-0.3, -0.25) is 4.98 Å². The van der Waals surface area contributed by atoms with Crippen LogP contribution < -0.4 is 11.1 Å². The summed E-state index contributed by atoms with van der Waals surface area (Å²) in [6.07, 6.45) is 7.71. The van der Waals surface area contributed by atoms with Gasteiger partial charge in [-0.15, -0.1) is 16.4 Å². The van der Waals surface area contributed by atoms with Crippen LogP contribution >= 0.6 is 11.3 Å². The largest absolute Gasteiger partial charge is 0.367 e. The number of aromatic nitrogens is 6. The van der Waals surface area contributed by atoms with Crippen molar-refractivity contribution in [1.82, 2.24) is 29.9 Å². The van der Waals surface area contributed by atoms with Crippen molar-refractivity contribution in [3.63, 3.8) is 0 Å². The second-order valence-corrected chi connectivity index (χ2v) is 7.99. The number of nitrogens with zero attached hydrogens (tertiary/aromatic N) is 6. The van der Waals surface area contributed by atoms with E-state index in [4.69, 9.17) is 15.7 Å². The van der Waals surface area contributed by atoms with Gasteiger partial charge in [0.25, 0.3) is 0 Å². The lowest BCUT2D eigenvalue weighted by Gasteiger charge is -2.14. The summed E-state index contributed by atoms with van der Waals surface area (Å²) in [4.78, 5) is 13.7. The van der Waals surface area contributed by atoms with Crippen molar-refractivity contribution >= 4 is 27.4 Å². The van der Waals surface area contributed by atoms with Crippen LogP contribution in [0, 0.1) is 0 Å². The standard InChI is InChI=1S/C22H20N8S/c23-17(12-15-4-2-1-3-5-15)13-25-22-20-19(18(14-31-20)30-11-10-26-29-30)27-21(28-22)16-6-8-24-9-7-16/h1-11,14,17H,12-13,23H2,(H,25,27,28)/t17-/m0/s1. The highest BCUT2D eigenvalue weighted by atomic mass is 32.1. The highest BCUT2D eigenvalue weighted by molar-refractivity contribution is 7.18. The molecule has 4 aromatic heterocycles. The maximum absolute atomic E-state index is 6.40. The van der Waals surface area contributed by atoms with Crippen LogP contribution in [0.15, 0.2) is 72.6 Å². The monoisotopic (exact) mass is 428 g/mol. The molecule has 4 heterocycles. The van der Waals surface area contributed by atoms with Crippen molar-refractivity contribution in [2.24, 2.45) is 5.73 Å². The van der Waals surface area contributed by atoms with E-state index in [-0.39, 0.29) is 6.04 Å². The molecule has 0 bridgehead atoms. The number of rotatable bonds is 7. The van der Waals surface area contributed by atoms with Crippen LogP contribution in [0.1, 0.15) is 5.56 Å². The van der Waals surface area contributed by atoms with E-state index in [0.717, 1.165) is 33.7 Å². The number of benzene rings is 1. The molecule has 3 N–H and O–H groups in total. The summed E-state index contributed by atoms with van der Waals surface area (Å²) in [6.45, 7) is 0.591. The Morgan fingerprint density at radius 2 is 1.87 bits per heavy atom. The normalized spacial score (nSPS) is 12.2. The van der Waals surface area contributed by atoms with E-state index in [0.29, 0.717) is 12.4 Å². The van der Waals surface area contributed by atoms with Gasteiger partial charge in [0.1, 0.15) is 17.0 Å². The van der Waals surface area contributed by atoms with Crippen molar-refractivity contribution in [1.29, 1.82) is 0 Å². The molecule has 0 amide bonds. The maximum atomic E-state index is 6.40. The molecule has 1 aromatic carbocycles. The molecule has 0 unspecified atom stereocenters. The first-order valence-corrected chi connectivity index (χ1v) is 10.8. The van der Waals surface area contributed by atoms with Gasteiger partial charge in [0.2, 0.25) is 0 Å². The minimum Gasteiger partial charge on any atom is -0.367 e. The molecule has 0 aliphatic heterocycles. The molecule has 0 saturated heterocycles. The smallest absolute Gasteiger partial charge is 0.162 e. The first-order valence-electron chi connectivity index (χ1n) is 9.87. The predicted molar refractivity (Wildman–Crippen MR) is 122 cm³/mol. The Labute approximate surface area is 182 Å². The van der Waals surface area contributed by atoms with Gasteiger partial charge >= 0.3 is 0 Å². The molecule has 5 rings (SSSR count). The third kappa shape index (κ3) is 4.14. The Kier molecular flexibility index (Phi) is 5.34. The van der Waals surface area contributed by atoms with Crippen LogP contribution in [0.2, 0.25) is 0 Å². The minimum atomic E-state index is -0.0495. The zero-order chi connectivity index (χ0) is 21.0. The molecular weight excluding hydrogens is 408 g/mol. The lowest BCUT2D eigenvalue weighted by Crippen LogP contribution is -2.31. The first-order chi connectivity index (χ1) is 15.3. The zero-order valence-electron chi connectivity index (χ0n) is 16.6. The highest BCUT2D eigenvalue weighted by Gasteiger charge is 2.17. The summed E-state index contributed by atoms with van der Waals surface area (Å²) in [5.41, 5.74) is 10.2. The number of fused-ring (bicyclic) bond motifs is 1. The molecular formula is C22H20N8S. The van der Waals surface area contributed by atoms with Gasteiger partial charge in [-0.25, -0.2) is 14.6 Å². The second kappa shape index (κ2) is 8.58. The van der Waals surface area contributed by atoms with E-state index >= 15 is 0 Å². The third-order valence-corrected chi connectivity index (χ3v) is 5.84. The number of thiophene rings is 1. The van der Waals surface area contributed by atoms with Crippen LogP contribution in [-0.2, 0) is 6.42 Å². The van der Waals surface area contributed by atoms with E-state index in [2.05, 4.69) is 32.7 Å². The number of hydrogen-bond donors (Lipinski definition) is 2. The van der Waals surface area contributed by atoms with E-state index in [9.17, 15) is 0 Å². The van der Waals surface area contributed by atoms with Gasteiger partial charge in [-0.1, -0.05) is 35.5 Å². The first kappa shape index (κ1) is 19.3. The Hall–Kier alpha value is -3.69. The van der Waals surface area contributed by atoms with Gasteiger partial charge < -0.3 is 11.1 Å². The number of hydrogen-bond acceptors (Lipinski definition) is 8. The highest BCUT2D eigenvalue weighted by Crippen LogP contribution is 2.33. The summed E-state index contributed by atoms with van der Waals surface area (Å²) >= 11 is 1.57. The minimum absolute atomic E-state index is 0.0495. The molecule has 31 heavy (non-hydrogen) atoms. The summed E-state index contributed by atoms with van der Waals surface area (Å²) in [6, 6.07) is 14.0. The molecule has 5 aromatic rings. The average molecular weight is 429 g/mol. The number of anilines is 1. The second-order valence-electron chi connectivity index (χ2n) is 7.11. The third-order valence-electron chi connectivity index (χ3n) is 4.88. The van der Waals surface area contributed by atoms with E-state index in [1.165, 1.54) is 5.56 Å². The molecule has 9 heteroatoms. The van der Waals surface area contributed by atoms with Crippen molar-refractivity contribution in [3.8, 4) is 17.1 Å². The fourth-order valence-electron chi connectivity index (χ4n) is 3.37. The topological polar surface area (TPSA) is 107 Å². The lowest BCUT2D eigenvalue weighted by molar-refractivity contribution is 0.698. The molecule has 154 valence electrons. The van der Waals surface area contributed by atoms with E-state index in [1.807, 2.05) is 35.7 Å². The van der Waals surface area contributed by atoms with E-state index in [1.54, 1.807) is 40.8 Å². The van der Waals surface area contributed by atoms with Crippen molar-refractivity contribution in [3.05, 3.63) is 78.2 Å². The lowest BCUT2D eigenvalue weighted by atomic mass is 10.1. The Balaban J connectivity index is 1.49. The summed E-state index contributed by atoms with van der Waals surface area (Å²) in [5.74, 6) is 1.38. The molecule has 0 saturated carbocycles. The van der Waals surface area contributed by atoms with Crippen LogP contribution in [0.3, 0.4) is 0 Å². The summed E-state index contributed by atoms with van der Waals surface area (Å²) in [5, 5.41) is 13.5. The van der Waals surface area contributed by atoms with Gasteiger partial charge in [-0.05, 0) is 24.1 Å². The van der Waals surface area contributed by atoms with Gasteiger partial charge in [-0.2, -0.15) is 0 Å². The Bertz CT molecular complexity index is 1270. The molecule has 1 atom stereocenters. The fourth-order valence-corrected chi connectivity index (χ4v) is 4.31. The van der Waals surface area contributed by atoms with Crippen LogP contribution in [-0.4, -0.2) is 42.5 Å². The van der Waals surface area contributed by atoms with Crippen LogP contribution in [0.5, 0.6) is 0 Å². The molecule has 8 nitrogen and oxygen atoms in total. The van der Waals surface area contributed by atoms with Gasteiger partial charge in [0.05, 0.1) is 17.1 Å². The van der Waals surface area contributed by atoms with Crippen LogP contribution in [0.25, 0.3) is 27.3 Å². The van der Waals surface area contributed by atoms with E-state index < -0.39 is 0 Å². The fraction of sp³-hybridized carbons (Fsp3) is 0.136. The van der Waals surface area contributed by atoms with Crippen molar-refractivity contribution in [2.45, 2.75) is 12.5 Å². The summed E-state index contributed by atoms with van der Waals surface area (Å²) < 4.78 is 2.67. The molecule has 0 aliphatic carbocycles. The molecule has 0 aliphatic rings. The number of pyridine rings is 1. The van der Waals surface area contributed by atoms with Crippen LogP contribution in [0.4, 0.5) is 5.82 Å². The number of nitrogens with two attached hydrogens (primary N) is 1. The zero-order valence-corrected chi connectivity index (χ0v) is 17.4. The molecule has 0 spiro atoms.